The molecule has 0 saturated heterocycles. The average molecular weight is 292 g/mol. The molecule has 0 amide bonds. The molecule has 0 fully saturated rings. The Morgan fingerprint density at radius 1 is 0.818 bits per heavy atom. The largest absolute Gasteiger partial charge is 0.508 e. The van der Waals surface area contributed by atoms with Gasteiger partial charge in [0.25, 0.3) is 0 Å². The highest BCUT2D eigenvalue weighted by Gasteiger charge is 2.01. The molecule has 0 atom stereocenters. The first-order valence-corrected chi connectivity index (χ1v) is 6.91. The first-order chi connectivity index (χ1) is 10.7. The molecule has 3 rings (SSSR count). The van der Waals surface area contributed by atoms with Gasteiger partial charge in [0.15, 0.2) is 0 Å². The van der Waals surface area contributed by atoms with Gasteiger partial charge in [-0.3, -0.25) is 0 Å². The molecule has 3 N–H and O–H groups in total. The maximum absolute atomic E-state index is 9.29. The molecule has 0 radical (unpaired) electrons. The van der Waals surface area contributed by atoms with Crippen LogP contribution in [0.1, 0.15) is 5.56 Å². The quantitative estimate of drug-likeness (QED) is 0.635. The van der Waals surface area contributed by atoms with Gasteiger partial charge in [-0.2, -0.15) is 0 Å². The van der Waals surface area contributed by atoms with Crippen molar-refractivity contribution in [1.29, 1.82) is 0 Å². The van der Waals surface area contributed by atoms with Crippen molar-refractivity contribution in [2.45, 2.75) is 6.92 Å². The lowest BCUT2D eigenvalue weighted by atomic mass is 10.2. The standard InChI is InChI=1S/C17H16N4O/c1-12-3-2-4-14(9-12)21-17-10-16(18-11-19-17)20-13-5-7-15(22)8-6-13/h2-11,22H,1H3,(H2,18,19,20,21). The molecule has 3 aromatic rings. The number of hydrogen-bond acceptors (Lipinski definition) is 5. The van der Waals surface area contributed by atoms with E-state index in [1.54, 1.807) is 24.3 Å². The van der Waals surface area contributed by atoms with Crippen LogP contribution < -0.4 is 10.6 Å². The van der Waals surface area contributed by atoms with Gasteiger partial charge in [0.05, 0.1) is 0 Å². The number of aromatic hydroxyl groups is 1. The fraction of sp³-hybridized carbons (Fsp3) is 0.0588. The van der Waals surface area contributed by atoms with Crippen molar-refractivity contribution in [1.82, 2.24) is 9.97 Å². The predicted octanol–water partition coefficient (Wildman–Crippen LogP) is 3.98. The molecule has 5 heteroatoms. The lowest BCUT2D eigenvalue weighted by molar-refractivity contribution is 0.475. The van der Waals surface area contributed by atoms with Gasteiger partial charge < -0.3 is 15.7 Å². The molecule has 0 bridgehead atoms. The highest BCUT2D eigenvalue weighted by Crippen LogP contribution is 2.21. The minimum atomic E-state index is 0.232. The summed E-state index contributed by atoms with van der Waals surface area (Å²) in [5.41, 5.74) is 3.01. The summed E-state index contributed by atoms with van der Waals surface area (Å²) in [6, 6.07) is 16.7. The van der Waals surface area contributed by atoms with Gasteiger partial charge in [-0.1, -0.05) is 12.1 Å². The summed E-state index contributed by atoms with van der Waals surface area (Å²) in [6.45, 7) is 2.04. The van der Waals surface area contributed by atoms with E-state index in [1.165, 1.54) is 11.9 Å². The van der Waals surface area contributed by atoms with Crippen LogP contribution >= 0.6 is 0 Å². The number of rotatable bonds is 4. The van der Waals surface area contributed by atoms with E-state index < -0.39 is 0 Å². The Hall–Kier alpha value is -3.08. The Labute approximate surface area is 128 Å². The van der Waals surface area contributed by atoms with Gasteiger partial charge in [-0.05, 0) is 48.9 Å². The Kier molecular flexibility index (Phi) is 3.87. The van der Waals surface area contributed by atoms with E-state index in [0.717, 1.165) is 11.4 Å². The van der Waals surface area contributed by atoms with Crippen molar-refractivity contribution in [2.24, 2.45) is 0 Å². The number of aryl methyl sites for hydroxylation is 1. The maximum Gasteiger partial charge on any atom is 0.135 e. The molecule has 0 aliphatic rings. The van der Waals surface area contributed by atoms with Crippen LogP contribution in [0.25, 0.3) is 0 Å². The van der Waals surface area contributed by atoms with Crippen molar-refractivity contribution in [3.8, 4) is 5.75 Å². The summed E-state index contributed by atoms with van der Waals surface area (Å²) in [5, 5.41) is 15.7. The number of phenols is 1. The van der Waals surface area contributed by atoms with Gasteiger partial charge in [-0.25, -0.2) is 9.97 Å². The maximum atomic E-state index is 9.29. The molecular weight excluding hydrogens is 276 g/mol. The van der Waals surface area contributed by atoms with E-state index in [1.807, 2.05) is 31.2 Å². The molecule has 22 heavy (non-hydrogen) atoms. The summed E-state index contributed by atoms with van der Waals surface area (Å²) >= 11 is 0. The molecule has 5 nitrogen and oxygen atoms in total. The number of phenolic OH excluding ortho intramolecular Hbond substituents is 1. The minimum absolute atomic E-state index is 0.232. The number of nitrogens with one attached hydrogen (secondary N) is 2. The highest BCUT2D eigenvalue weighted by atomic mass is 16.3. The fourth-order valence-corrected chi connectivity index (χ4v) is 2.06. The molecule has 2 aromatic carbocycles. The zero-order valence-corrected chi connectivity index (χ0v) is 12.1. The molecule has 1 aromatic heterocycles. The number of benzene rings is 2. The third-order valence-corrected chi connectivity index (χ3v) is 3.10. The minimum Gasteiger partial charge on any atom is -0.508 e. The topological polar surface area (TPSA) is 70.1 Å². The molecular formula is C17H16N4O. The molecule has 0 saturated carbocycles. The van der Waals surface area contributed by atoms with Crippen LogP contribution in [0.2, 0.25) is 0 Å². The SMILES string of the molecule is Cc1cccc(Nc2cc(Nc3ccc(O)cc3)ncn2)c1. The van der Waals surface area contributed by atoms with E-state index in [-0.39, 0.29) is 5.75 Å². The van der Waals surface area contributed by atoms with Gasteiger partial charge in [-0.15, -0.1) is 0 Å². The first kappa shape index (κ1) is 13.9. The second kappa shape index (κ2) is 6.13. The van der Waals surface area contributed by atoms with E-state index in [4.69, 9.17) is 0 Å². The summed E-state index contributed by atoms with van der Waals surface area (Å²) in [7, 11) is 0. The molecule has 1 heterocycles. The molecule has 0 spiro atoms. The van der Waals surface area contributed by atoms with Gasteiger partial charge in [0.1, 0.15) is 23.7 Å². The van der Waals surface area contributed by atoms with E-state index in [9.17, 15) is 5.11 Å². The number of nitrogens with zero attached hydrogens (tertiary/aromatic N) is 2. The predicted molar refractivity (Wildman–Crippen MR) is 87.9 cm³/mol. The van der Waals surface area contributed by atoms with E-state index in [2.05, 4.69) is 26.7 Å². The van der Waals surface area contributed by atoms with Crippen LogP contribution in [-0.4, -0.2) is 15.1 Å². The normalized spacial score (nSPS) is 10.2. The Morgan fingerprint density at radius 2 is 1.50 bits per heavy atom. The second-order valence-corrected chi connectivity index (χ2v) is 4.95. The fourth-order valence-electron chi connectivity index (χ4n) is 2.06. The summed E-state index contributed by atoms with van der Waals surface area (Å²) < 4.78 is 0. The van der Waals surface area contributed by atoms with Crippen LogP contribution in [0, 0.1) is 6.92 Å². The lowest BCUT2D eigenvalue weighted by Gasteiger charge is -2.09. The van der Waals surface area contributed by atoms with Crippen LogP contribution in [0.3, 0.4) is 0 Å². The first-order valence-electron chi connectivity index (χ1n) is 6.91. The van der Waals surface area contributed by atoms with Crippen LogP contribution in [0.4, 0.5) is 23.0 Å². The van der Waals surface area contributed by atoms with Crippen molar-refractivity contribution in [3.63, 3.8) is 0 Å². The summed E-state index contributed by atoms with van der Waals surface area (Å²) in [5.74, 6) is 1.62. The lowest BCUT2D eigenvalue weighted by Crippen LogP contribution is -1.98. The molecule has 0 aliphatic carbocycles. The van der Waals surface area contributed by atoms with Crippen molar-refractivity contribution >= 4 is 23.0 Å². The molecule has 0 unspecified atom stereocenters. The smallest absolute Gasteiger partial charge is 0.135 e. The van der Waals surface area contributed by atoms with Crippen molar-refractivity contribution < 1.29 is 5.11 Å². The number of aromatic nitrogens is 2. The van der Waals surface area contributed by atoms with Crippen molar-refractivity contribution in [3.05, 3.63) is 66.5 Å². The van der Waals surface area contributed by atoms with Gasteiger partial charge in [0, 0.05) is 17.4 Å². The average Bonchev–Trinajstić information content (AvgIpc) is 2.50. The number of hydrogen-bond donors (Lipinski definition) is 3. The van der Waals surface area contributed by atoms with Crippen LogP contribution in [0.5, 0.6) is 5.75 Å². The van der Waals surface area contributed by atoms with Gasteiger partial charge in [0.2, 0.25) is 0 Å². The highest BCUT2D eigenvalue weighted by molar-refractivity contribution is 5.63. The van der Waals surface area contributed by atoms with E-state index in [0.29, 0.717) is 11.6 Å². The van der Waals surface area contributed by atoms with Gasteiger partial charge >= 0.3 is 0 Å². The molecule has 0 aliphatic heterocycles. The monoisotopic (exact) mass is 292 g/mol. The third kappa shape index (κ3) is 3.52. The second-order valence-electron chi connectivity index (χ2n) is 4.95. The molecule has 110 valence electrons. The zero-order chi connectivity index (χ0) is 15.4. The summed E-state index contributed by atoms with van der Waals surface area (Å²) in [6.07, 6.45) is 1.50. The van der Waals surface area contributed by atoms with Crippen LogP contribution in [-0.2, 0) is 0 Å². The van der Waals surface area contributed by atoms with Crippen LogP contribution in [0.15, 0.2) is 60.9 Å². The number of anilines is 4. The Balaban J connectivity index is 1.76. The third-order valence-electron chi connectivity index (χ3n) is 3.10. The van der Waals surface area contributed by atoms with E-state index >= 15 is 0 Å². The zero-order valence-electron chi connectivity index (χ0n) is 12.1. The van der Waals surface area contributed by atoms with Crippen molar-refractivity contribution in [2.75, 3.05) is 10.6 Å². The Bertz CT molecular complexity index is 772. The Morgan fingerprint density at radius 3 is 2.18 bits per heavy atom. The summed E-state index contributed by atoms with van der Waals surface area (Å²) in [4.78, 5) is 8.41.